The van der Waals surface area contributed by atoms with E-state index in [9.17, 15) is 0 Å². The second-order valence-corrected chi connectivity index (χ2v) is 16.7. The topological polar surface area (TPSA) is 56.7 Å². The van der Waals surface area contributed by atoms with Crippen molar-refractivity contribution in [2.75, 3.05) is 0 Å². The maximum Gasteiger partial charge on any atom is 0.238 e. The first-order chi connectivity index (χ1) is 31.2. The van der Waals surface area contributed by atoms with Gasteiger partial charge in [0, 0.05) is 32.7 Å². The Kier molecular flexibility index (Phi) is 6.97. The van der Waals surface area contributed by atoms with Crippen LogP contribution in [0, 0.1) is 0 Å². The molecule has 0 atom stereocenters. The van der Waals surface area contributed by atoms with Crippen molar-refractivity contribution in [2.45, 2.75) is 5.41 Å². The minimum atomic E-state index is -0.405. The van der Waals surface area contributed by atoms with Gasteiger partial charge in [0.2, 0.25) is 5.95 Å². The van der Waals surface area contributed by atoms with Crippen LogP contribution in [-0.4, -0.2) is 19.5 Å². The van der Waals surface area contributed by atoms with Gasteiger partial charge in [0.15, 0.2) is 11.6 Å². The average molecular weight is 803 g/mol. The highest BCUT2D eigenvalue weighted by Crippen LogP contribution is 2.63. The number of para-hydroxylation sites is 2. The molecule has 0 saturated heterocycles. The number of fused-ring (bicyclic) bond motifs is 16. The number of hydrogen-bond donors (Lipinski definition) is 0. The molecule has 9 aromatic carbocycles. The Hall–Kier alpha value is -8.41. The number of rotatable bonds is 4. The predicted octanol–water partition coefficient (Wildman–Crippen LogP) is 14.2. The van der Waals surface area contributed by atoms with Gasteiger partial charge in [-0.1, -0.05) is 158 Å². The molecule has 63 heavy (non-hydrogen) atoms. The molecule has 3 heterocycles. The van der Waals surface area contributed by atoms with E-state index in [1.165, 1.54) is 50.1 Å². The lowest BCUT2D eigenvalue weighted by molar-refractivity contribution is 0.669. The zero-order valence-electron chi connectivity index (χ0n) is 33.8. The molecule has 12 aromatic rings. The minimum Gasteiger partial charge on any atom is -0.456 e. The van der Waals surface area contributed by atoms with Crippen LogP contribution in [0.4, 0.5) is 0 Å². The first-order valence-electron chi connectivity index (χ1n) is 21.4. The lowest BCUT2D eigenvalue weighted by Gasteiger charge is -2.30. The number of benzene rings is 9. The van der Waals surface area contributed by atoms with E-state index in [0.717, 1.165) is 60.4 Å². The van der Waals surface area contributed by atoms with E-state index in [-0.39, 0.29) is 0 Å². The van der Waals surface area contributed by atoms with Crippen LogP contribution in [0.1, 0.15) is 22.3 Å². The SMILES string of the molecule is c1ccc(-c2nc(-c3ccc4oc5ccccc5c4c3)nc(-n3c4ccccc4c4cc(-c5ccc6c(c5)C5(c7ccccc7-c7ccccc75)c5ccccc5-6)ccc43)n2)cc1. The van der Waals surface area contributed by atoms with Crippen LogP contribution in [0.2, 0.25) is 0 Å². The minimum absolute atomic E-state index is 0.405. The molecule has 0 radical (unpaired) electrons. The molecule has 0 bridgehead atoms. The van der Waals surface area contributed by atoms with Crippen LogP contribution in [0.3, 0.4) is 0 Å². The van der Waals surface area contributed by atoms with Gasteiger partial charge in [-0.3, -0.25) is 4.57 Å². The summed E-state index contributed by atoms with van der Waals surface area (Å²) in [6.45, 7) is 0. The Morgan fingerprint density at radius 1 is 0.333 bits per heavy atom. The number of aromatic nitrogens is 4. The highest BCUT2D eigenvalue weighted by atomic mass is 16.3. The van der Waals surface area contributed by atoms with E-state index in [0.29, 0.717) is 17.6 Å². The van der Waals surface area contributed by atoms with Crippen molar-refractivity contribution in [2.24, 2.45) is 0 Å². The van der Waals surface area contributed by atoms with E-state index in [1.807, 2.05) is 48.5 Å². The summed E-state index contributed by atoms with van der Waals surface area (Å²) >= 11 is 0. The second kappa shape index (κ2) is 12.8. The van der Waals surface area contributed by atoms with Gasteiger partial charge in [0.25, 0.3) is 0 Å². The van der Waals surface area contributed by atoms with Crippen LogP contribution in [-0.2, 0) is 5.41 Å². The molecule has 5 heteroatoms. The summed E-state index contributed by atoms with van der Waals surface area (Å²) in [5, 5.41) is 4.35. The molecular weight excluding hydrogens is 769 g/mol. The van der Waals surface area contributed by atoms with Crippen molar-refractivity contribution in [1.82, 2.24) is 19.5 Å². The van der Waals surface area contributed by atoms with Gasteiger partial charge in [-0.05, 0) is 104 Å². The average Bonchev–Trinajstić information content (AvgIpc) is 4.07. The van der Waals surface area contributed by atoms with E-state index in [1.54, 1.807) is 0 Å². The van der Waals surface area contributed by atoms with E-state index in [4.69, 9.17) is 19.4 Å². The maximum atomic E-state index is 6.19. The molecule has 0 aliphatic heterocycles. The summed E-state index contributed by atoms with van der Waals surface area (Å²) in [5.74, 6) is 1.76. The van der Waals surface area contributed by atoms with Crippen LogP contribution in [0.15, 0.2) is 211 Å². The Bertz CT molecular complexity index is 3810. The largest absolute Gasteiger partial charge is 0.456 e. The molecule has 0 unspecified atom stereocenters. The van der Waals surface area contributed by atoms with Crippen LogP contribution >= 0.6 is 0 Å². The maximum absolute atomic E-state index is 6.19. The lowest BCUT2D eigenvalue weighted by atomic mass is 9.70. The Balaban J connectivity index is 0.964. The van der Waals surface area contributed by atoms with Crippen molar-refractivity contribution >= 4 is 43.7 Å². The van der Waals surface area contributed by atoms with Gasteiger partial charge in [-0.15, -0.1) is 0 Å². The first-order valence-corrected chi connectivity index (χ1v) is 21.4. The third-order valence-corrected chi connectivity index (χ3v) is 13.5. The number of hydrogen-bond acceptors (Lipinski definition) is 4. The molecule has 0 fully saturated rings. The Morgan fingerprint density at radius 3 is 1.60 bits per heavy atom. The molecular formula is C58H34N4O. The third kappa shape index (κ3) is 4.73. The number of furan rings is 1. The lowest BCUT2D eigenvalue weighted by Crippen LogP contribution is -2.25. The fourth-order valence-corrected chi connectivity index (χ4v) is 10.8. The summed E-state index contributed by atoms with van der Waals surface area (Å²) in [5.41, 5.74) is 18.0. The van der Waals surface area contributed by atoms with Crippen LogP contribution in [0.25, 0.3) is 106 Å². The van der Waals surface area contributed by atoms with Crippen molar-refractivity contribution in [3.05, 3.63) is 229 Å². The van der Waals surface area contributed by atoms with Crippen LogP contribution < -0.4 is 0 Å². The van der Waals surface area contributed by atoms with E-state index in [2.05, 4.69) is 162 Å². The monoisotopic (exact) mass is 802 g/mol. The zero-order valence-corrected chi connectivity index (χ0v) is 33.8. The zero-order chi connectivity index (χ0) is 41.2. The summed E-state index contributed by atoms with van der Waals surface area (Å²) < 4.78 is 8.38. The molecule has 0 N–H and O–H groups in total. The van der Waals surface area contributed by atoms with Gasteiger partial charge in [-0.25, -0.2) is 4.98 Å². The first kappa shape index (κ1) is 34.3. The summed E-state index contributed by atoms with van der Waals surface area (Å²) in [4.78, 5) is 15.6. The van der Waals surface area contributed by atoms with Crippen molar-refractivity contribution in [3.8, 4) is 62.1 Å². The quantitative estimate of drug-likeness (QED) is 0.178. The second-order valence-electron chi connectivity index (χ2n) is 16.7. The molecule has 292 valence electrons. The summed E-state index contributed by atoms with van der Waals surface area (Å²) in [6.07, 6.45) is 0. The van der Waals surface area contributed by atoms with Gasteiger partial charge in [0.05, 0.1) is 16.4 Å². The normalized spacial score (nSPS) is 13.2. The van der Waals surface area contributed by atoms with Crippen molar-refractivity contribution in [1.29, 1.82) is 0 Å². The van der Waals surface area contributed by atoms with Gasteiger partial charge >= 0.3 is 0 Å². The fraction of sp³-hybridized carbons (Fsp3) is 0.0172. The smallest absolute Gasteiger partial charge is 0.238 e. The molecule has 3 aromatic heterocycles. The Morgan fingerprint density at radius 2 is 0.857 bits per heavy atom. The highest BCUT2D eigenvalue weighted by Gasteiger charge is 2.51. The van der Waals surface area contributed by atoms with E-state index < -0.39 is 5.41 Å². The van der Waals surface area contributed by atoms with Crippen LogP contribution in [0.5, 0.6) is 0 Å². The van der Waals surface area contributed by atoms with Crippen molar-refractivity contribution < 1.29 is 4.42 Å². The molecule has 14 rings (SSSR count). The van der Waals surface area contributed by atoms with E-state index >= 15 is 0 Å². The molecule has 2 aliphatic rings. The van der Waals surface area contributed by atoms with Gasteiger partial charge in [-0.2, -0.15) is 9.97 Å². The third-order valence-electron chi connectivity index (χ3n) is 13.5. The standard InChI is InChI=1S/C58H34N4O/c1-2-14-35(15-3-1)55-59-56(38-28-31-54-46(33-38)44-20-8-13-25-53(44)63-54)61-57(60-55)62-51-24-12-7-19-43(51)45-32-36(27-30-52(45)62)37-26-29-42-41-18-6-11-23-49(41)58(50(42)34-37)47-21-9-4-16-39(47)40-17-5-10-22-48(40)58/h1-34H. The summed E-state index contributed by atoms with van der Waals surface area (Å²) in [6, 6.07) is 74.0. The predicted molar refractivity (Wildman–Crippen MR) is 254 cm³/mol. The number of nitrogens with zero attached hydrogens (tertiary/aromatic N) is 4. The molecule has 2 aliphatic carbocycles. The van der Waals surface area contributed by atoms with Gasteiger partial charge in [0.1, 0.15) is 11.2 Å². The molecule has 0 amide bonds. The molecule has 0 saturated carbocycles. The molecule has 5 nitrogen and oxygen atoms in total. The van der Waals surface area contributed by atoms with Gasteiger partial charge < -0.3 is 4.42 Å². The fourth-order valence-electron chi connectivity index (χ4n) is 10.8. The van der Waals surface area contributed by atoms with Crippen molar-refractivity contribution in [3.63, 3.8) is 0 Å². The summed E-state index contributed by atoms with van der Waals surface area (Å²) in [7, 11) is 0. The molecule has 1 spiro atoms. The Labute approximate surface area is 362 Å². The highest BCUT2D eigenvalue weighted by molar-refractivity contribution is 6.11.